The Morgan fingerprint density at radius 3 is 0.938 bits per heavy atom. The third-order valence-electron chi connectivity index (χ3n) is 10.8. The van der Waals surface area contributed by atoms with E-state index in [-0.39, 0.29) is 37.5 Å². The first-order valence-electron chi connectivity index (χ1n) is 26.2. The smallest absolute Gasteiger partial charge is 0.306 e. The molecule has 64 heavy (non-hydrogen) atoms. The van der Waals surface area contributed by atoms with Crippen LogP contribution >= 0.6 is 0 Å². The molecule has 0 aromatic heterocycles. The first-order valence-corrected chi connectivity index (χ1v) is 26.2. The zero-order chi connectivity index (χ0) is 46.5. The average Bonchev–Trinajstić information content (AvgIpc) is 3.29. The highest BCUT2D eigenvalue weighted by Crippen LogP contribution is 2.12. The van der Waals surface area contributed by atoms with Gasteiger partial charge < -0.3 is 14.2 Å². The zero-order valence-electron chi connectivity index (χ0n) is 41.5. The molecule has 0 heterocycles. The van der Waals surface area contributed by atoms with E-state index >= 15 is 0 Å². The molecule has 1 atom stereocenters. The number of allylic oxidation sites excluding steroid dienone is 16. The van der Waals surface area contributed by atoms with Crippen LogP contribution < -0.4 is 0 Å². The van der Waals surface area contributed by atoms with Crippen LogP contribution in [0, 0.1) is 0 Å². The van der Waals surface area contributed by atoms with Gasteiger partial charge in [0.1, 0.15) is 13.2 Å². The average molecular weight is 889 g/mol. The first kappa shape index (κ1) is 60.3. The van der Waals surface area contributed by atoms with Crippen LogP contribution in [0.5, 0.6) is 0 Å². The lowest BCUT2D eigenvalue weighted by Crippen LogP contribution is -2.30. The Morgan fingerprint density at radius 2 is 0.562 bits per heavy atom. The van der Waals surface area contributed by atoms with Gasteiger partial charge in [-0.3, -0.25) is 14.4 Å². The number of hydrogen-bond acceptors (Lipinski definition) is 6. The van der Waals surface area contributed by atoms with Gasteiger partial charge in [-0.15, -0.1) is 0 Å². The first-order chi connectivity index (χ1) is 31.5. The molecule has 0 N–H and O–H groups in total. The lowest BCUT2D eigenvalue weighted by molar-refractivity contribution is -0.167. The van der Waals surface area contributed by atoms with Gasteiger partial charge >= 0.3 is 17.9 Å². The molecule has 0 fully saturated rings. The molecule has 6 heteroatoms. The van der Waals surface area contributed by atoms with Gasteiger partial charge in [0.25, 0.3) is 0 Å². The summed E-state index contributed by atoms with van der Waals surface area (Å²) in [7, 11) is 0. The van der Waals surface area contributed by atoms with E-state index in [0.717, 1.165) is 103 Å². The van der Waals surface area contributed by atoms with E-state index in [1.54, 1.807) is 0 Å². The van der Waals surface area contributed by atoms with Crippen LogP contribution in [-0.4, -0.2) is 37.2 Å². The van der Waals surface area contributed by atoms with Crippen LogP contribution in [0.3, 0.4) is 0 Å². The summed E-state index contributed by atoms with van der Waals surface area (Å²) in [6, 6.07) is 0. The Kier molecular flexibility index (Phi) is 49.0. The molecule has 364 valence electrons. The Morgan fingerprint density at radius 1 is 0.312 bits per heavy atom. The standard InChI is InChI=1S/C58H96O6/c1-4-7-10-13-16-19-22-25-27-28-29-30-32-33-36-39-42-45-48-51-57(60)63-54-55(53-62-56(59)50-47-44-41-38-35-24-21-18-15-12-9-6-3)64-58(61)52-49-46-43-40-37-34-31-26-23-20-17-14-11-8-5-2/h16-21,25-27,29-31,33,36-37,40,55H,4-15,22-24,28,32,34-35,38-39,41-54H2,1-3H3/b19-16-,20-17-,21-18-,27-25-,30-29-,31-26-,36-33-,40-37-/t55-/m1/s1. The second kappa shape index (κ2) is 52.0. The Labute approximate surface area is 394 Å². The molecule has 0 saturated carbocycles. The van der Waals surface area contributed by atoms with Crippen LogP contribution in [0.25, 0.3) is 0 Å². The molecule has 0 unspecified atom stereocenters. The predicted molar refractivity (Wildman–Crippen MR) is 274 cm³/mol. The second-order valence-electron chi connectivity index (χ2n) is 17.1. The lowest BCUT2D eigenvalue weighted by atomic mass is 10.1. The summed E-state index contributed by atoms with van der Waals surface area (Å²) < 4.78 is 16.7. The van der Waals surface area contributed by atoms with Gasteiger partial charge in [0, 0.05) is 19.3 Å². The number of esters is 3. The minimum Gasteiger partial charge on any atom is -0.462 e. The van der Waals surface area contributed by atoms with E-state index in [1.807, 2.05) is 0 Å². The maximum atomic E-state index is 12.8. The molecule has 0 rings (SSSR count). The van der Waals surface area contributed by atoms with E-state index in [0.29, 0.717) is 19.3 Å². The molecule has 0 saturated heterocycles. The summed E-state index contributed by atoms with van der Waals surface area (Å²) in [5.41, 5.74) is 0. The summed E-state index contributed by atoms with van der Waals surface area (Å²) in [5, 5.41) is 0. The van der Waals surface area contributed by atoms with Crippen LogP contribution in [-0.2, 0) is 28.6 Å². The van der Waals surface area contributed by atoms with Crippen molar-refractivity contribution >= 4 is 17.9 Å². The van der Waals surface area contributed by atoms with Gasteiger partial charge in [-0.2, -0.15) is 0 Å². The third-order valence-corrected chi connectivity index (χ3v) is 10.8. The molecule has 0 aromatic rings. The minimum atomic E-state index is -0.814. The van der Waals surface area contributed by atoms with Gasteiger partial charge in [-0.25, -0.2) is 0 Å². The van der Waals surface area contributed by atoms with Gasteiger partial charge in [-0.1, -0.05) is 182 Å². The van der Waals surface area contributed by atoms with Crippen molar-refractivity contribution in [3.63, 3.8) is 0 Å². The number of hydrogen-bond donors (Lipinski definition) is 0. The van der Waals surface area contributed by atoms with E-state index in [2.05, 4.69) is 118 Å². The van der Waals surface area contributed by atoms with Crippen LogP contribution in [0.15, 0.2) is 97.2 Å². The highest BCUT2D eigenvalue weighted by atomic mass is 16.6. The molecule has 0 aliphatic heterocycles. The van der Waals surface area contributed by atoms with Gasteiger partial charge in [0.05, 0.1) is 0 Å². The Balaban J connectivity index is 4.51. The van der Waals surface area contributed by atoms with Crippen LogP contribution in [0.4, 0.5) is 0 Å². The SMILES string of the molecule is CCCCC/C=C\C/C=C\C/C=C\C/C=C\CCCCCC(=O)OC[C@@H](COC(=O)CCCCCCC/C=C\CCCCC)OC(=O)CCCC/C=C\C/C=C\C/C=C\CCCCC. The molecule has 0 aromatic carbocycles. The molecule has 0 bridgehead atoms. The molecule has 0 aliphatic rings. The zero-order valence-corrected chi connectivity index (χ0v) is 41.5. The fourth-order valence-electron chi connectivity index (χ4n) is 6.78. The normalized spacial score (nSPS) is 12.9. The van der Waals surface area contributed by atoms with E-state index in [9.17, 15) is 14.4 Å². The summed E-state index contributed by atoms with van der Waals surface area (Å²) in [5.74, 6) is -0.992. The molecular weight excluding hydrogens is 793 g/mol. The van der Waals surface area contributed by atoms with E-state index < -0.39 is 6.10 Å². The Bertz CT molecular complexity index is 1300. The fourth-order valence-corrected chi connectivity index (χ4v) is 6.78. The van der Waals surface area contributed by atoms with E-state index in [4.69, 9.17) is 14.2 Å². The topological polar surface area (TPSA) is 78.9 Å². The number of unbranched alkanes of at least 4 members (excludes halogenated alkanes) is 19. The number of carbonyl (C=O) groups is 3. The lowest BCUT2D eigenvalue weighted by Gasteiger charge is -2.18. The van der Waals surface area contributed by atoms with Crippen molar-refractivity contribution in [1.29, 1.82) is 0 Å². The molecule has 6 nitrogen and oxygen atoms in total. The maximum absolute atomic E-state index is 12.8. The number of ether oxygens (including phenoxy) is 3. The van der Waals surface area contributed by atoms with Crippen molar-refractivity contribution in [2.45, 2.75) is 239 Å². The highest BCUT2D eigenvalue weighted by Gasteiger charge is 2.19. The Hall–Kier alpha value is -3.67. The number of rotatable bonds is 46. The maximum Gasteiger partial charge on any atom is 0.306 e. The van der Waals surface area contributed by atoms with Gasteiger partial charge in [-0.05, 0) is 128 Å². The summed E-state index contributed by atoms with van der Waals surface area (Å²) in [4.78, 5) is 38.0. The van der Waals surface area contributed by atoms with E-state index in [1.165, 1.54) is 83.5 Å². The van der Waals surface area contributed by atoms with Crippen molar-refractivity contribution < 1.29 is 28.6 Å². The molecule has 0 amide bonds. The largest absolute Gasteiger partial charge is 0.462 e. The van der Waals surface area contributed by atoms with Crippen LogP contribution in [0.1, 0.15) is 233 Å². The highest BCUT2D eigenvalue weighted by molar-refractivity contribution is 5.71. The van der Waals surface area contributed by atoms with Gasteiger partial charge in [0.15, 0.2) is 6.10 Å². The van der Waals surface area contributed by atoms with Gasteiger partial charge in [0.2, 0.25) is 0 Å². The molecular formula is C58H96O6. The number of carbonyl (C=O) groups excluding carboxylic acids is 3. The molecule has 0 radical (unpaired) electrons. The quantitative estimate of drug-likeness (QED) is 0.0262. The minimum absolute atomic E-state index is 0.109. The third kappa shape index (κ3) is 49.3. The predicted octanol–water partition coefficient (Wildman–Crippen LogP) is 17.4. The van der Waals surface area contributed by atoms with Crippen molar-refractivity contribution in [3.05, 3.63) is 97.2 Å². The summed E-state index contributed by atoms with van der Waals surface area (Å²) in [6.07, 6.45) is 68.2. The monoisotopic (exact) mass is 889 g/mol. The second-order valence-corrected chi connectivity index (χ2v) is 17.1. The fraction of sp³-hybridized carbons (Fsp3) is 0.672. The van der Waals surface area contributed by atoms with Crippen molar-refractivity contribution in [1.82, 2.24) is 0 Å². The summed E-state index contributed by atoms with van der Waals surface area (Å²) >= 11 is 0. The van der Waals surface area contributed by atoms with Crippen molar-refractivity contribution in [3.8, 4) is 0 Å². The molecule has 0 aliphatic carbocycles. The van der Waals surface area contributed by atoms with Crippen molar-refractivity contribution in [2.24, 2.45) is 0 Å². The summed E-state index contributed by atoms with van der Waals surface area (Å²) in [6.45, 7) is 6.48. The van der Waals surface area contributed by atoms with Crippen molar-refractivity contribution in [2.75, 3.05) is 13.2 Å². The molecule has 0 spiro atoms. The van der Waals surface area contributed by atoms with Crippen LogP contribution in [0.2, 0.25) is 0 Å².